The first kappa shape index (κ1) is 32.5. The average molecular weight is 669 g/mol. The lowest BCUT2D eigenvalue weighted by atomic mass is 9.45. The van der Waals surface area contributed by atoms with Gasteiger partial charge >= 0.3 is 11.9 Å². The lowest BCUT2D eigenvalue weighted by molar-refractivity contribution is -0.135. The van der Waals surface area contributed by atoms with Gasteiger partial charge in [-0.1, -0.05) is 147 Å². The number of para-hydroxylation sites is 2. The third kappa shape index (κ3) is 5.12. The summed E-state index contributed by atoms with van der Waals surface area (Å²) in [4.78, 5) is 27.5. The van der Waals surface area contributed by atoms with Gasteiger partial charge in [0.1, 0.15) is 11.5 Å². The summed E-state index contributed by atoms with van der Waals surface area (Å²) in [6.45, 7) is 4.71. The van der Waals surface area contributed by atoms with Crippen molar-refractivity contribution in [3.63, 3.8) is 0 Å². The van der Waals surface area contributed by atoms with Gasteiger partial charge in [-0.15, -0.1) is 0 Å². The molecule has 0 unspecified atom stereocenters. The van der Waals surface area contributed by atoms with E-state index in [9.17, 15) is 9.59 Å². The standard InChI is InChI=1S/C47H40O4/c1-45(2,46(31-29-43(48)50-33-17-5-3-6-18-33)39-25-13-9-21-35(39)36-22-10-14-26-40(36)46)47(32-30-44(49)51-34-19-7-4-8-20-34)41-27-15-11-23-37(41)38-24-12-16-28-42(38)47/h3-28H,29-32H2,1-2H3. The molecule has 0 heterocycles. The molecule has 4 nitrogen and oxygen atoms in total. The number of hydrogen-bond donors (Lipinski definition) is 0. The Morgan fingerprint density at radius 1 is 0.431 bits per heavy atom. The van der Waals surface area contributed by atoms with Crippen LogP contribution in [0.5, 0.6) is 11.5 Å². The molecule has 0 aliphatic heterocycles. The van der Waals surface area contributed by atoms with E-state index in [1.807, 2.05) is 60.7 Å². The quantitative estimate of drug-likeness (QED) is 0.108. The van der Waals surface area contributed by atoms with Crippen molar-refractivity contribution >= 4 is 11.9 Å². The maximum atomic E-state index is 13.8. The molecule has 2 aliphatic carbocycles. The predicted molar refractivity (Wildman–Crippen MR) is 202 cm³/mol. The monoisotopic (exact) mass is 668 g/mol. The molecule has 252 valence electrons. The van der Waals surface area contributed by atoms with Gasteiger partial charge in [-0.3, -0.25) is 9.59 Å². The summed E-state index contributed by atoms with van der Waals surface area (Å²) in [7, 11) is 0. The molecule has 0 bridgehead atoms. The van der Waals surface area contributed by atoms with Crippen molar-refractivity contribution in [3.8, 4) is 33.8 Å². The Hall–Kier alpha value is -5.74. The summed E-state index contributed by atoms with van der Waals surface area (Å²) in [5, 5.41) is 0. The van der Waals surface area contributed by atoms with Gasteiger partial charge in [-0.25, -0.2) is 0 Å². The smallest absolute Gasteiger partial charge is 0.311 e. The van der Waals surface area contributed by atoms with Crippen LogP contribution >= 0.6 is 0 Å². The van der Waals surface area contributed by atoms with Crippen molar-refractivity contribution in [1.82, 2.24) is 0 Å². The Morgan fingerprint density at radius 3 is 1.02 bits per heavy atom. The zero-order chi connectivity index (χ0) is 35.1. The van der Waals surface area contributed by atoms with E-state index in [1.165, 1.54) is 44.5 Å². The molecule has 0 amide bonds. The molecule has 0 N–H and O–H groups in total. The highest BCUT2D eigenvalue weighted by atomic mass is 16.5. The van der Waals surface area contributed by atoms with Crippen molar-refractivity contribution in [1.29, 1.82) is 0 Å². The number of rotatable bonds is 10. The summed E-state index contributed by atoms with van der Waals surface area (Å²) in [5.41, 5.74) is 7.57. The van der Waals surface area contributed by atoms with Crippen LogP contribution in [0.25, 0.3) is 22.3 Å². The third-order valence-electron chi connectivity index (χ3n) is 11.6. The van der Waals surface area contributed by atoms with Gasteiger partial charge in [0.05, 0.1) is 0 Å². The first-order valence-corrected chi connectivity index (χ1v) is 17.8. The Morgan fingerprint density at radius 2 is 0.706 bits per heavy atom. The zero-order valence-electron chi connectivity index (χ0n) is 29.0. The fraction of sp³-hybridized carbons (Fsp3) is 0.191. The molecule has 6 aromatic rings. The lowest BCUT2D eigenvalue weighted by Crippen LogP contribution is -2.55. The minimum atomic E-state index is -0.649. The predicted octanol–water partition coefficient (Wildman–Crippen LogP) is 10.7. The van der Waals surface area contributed by atoms with Crippen LogP contribution in [-0.2, 0) is 20.4 Å². The number of hydrogen-bond acceptors (Lipinski definition) is 4. The molecule has 0 fully saturated rings. The van der Waals surface area contributed by atoms with Gasteiger partial charge in [-0.05, 0) is 87.0 Å². The van der Waals surface area contributed by atoms with E-state index < -0.39 is 16.2 Å². The fourth-order valence-corrected chi connectivity index (χ4v) is 9.45. The summed E-state index contributed by atoms with van der Waals surface area (Å²) in [5.74, 6) is 0.530. The minimum absolute atomic E-state index is 0.205. The van der Waals surface area contributed by atoms with Crippen LogP contribution in [0.4, 0.5) is 0 Å². The Balaban J connectivity index is 1.32. The van der Waals surface area contributed by atoms with Crippen LogP contribution in [0.3, 0.4) is 0 Å². The van der Waals surface area contributed by atoms with Crippen LogP contribution < -0.4 is 9.47 Å². The second-order valence-corrected chi connectivity index (χ2v) is 14.2. The summed E-state index contributed by atoms with van der Waals surface area (Å²) in [6.07, 6.45) is 1.44. The molecule has 2 aliphatic rings. The van der Waals surface area contributed by atoms with Gasteiger partial charge in [0.2, 0.25) is 0 Å². The normalized spacial score (nSPS) is 14.5. The highest BCUT2D eigenvalue weighted by molar-refractivity contribution is 5.86. The molecule has 0 aromatic heterocycles. The van der Waals surface area contributed by atoms with Gasteiger partial charge in [0, 0.05) is 23.7 Å². The van der Waals surface area contributed by atoms with E-state index >= 15 is 0 Å². The van der Waals surface area contributed by atoms with Crippen molar-refractivity contribution in [3.05, 3.63) is 180 Å². The molecule has 0 spiro atoms. The third-order valence-corrected chi connectivity index (χ3v) is 11.6. The molecular weight excluding hydrogens is 629 g/mol. The second-order valence-electron chi connectivity index (χ2n) is 14.2. The second kappa shape index (κ2) is 12.9. The summed E-state index contributed by atoms with van der Waals surface area (Å²) in [6, 6.07) is 53.2. The molecule has 8 rings (SSSR count). The lowest BCUT2D eigenvalue weighted by Gasteiger charge is -2.57. The summed E-state index contributed by atoms with van der Waals surface area (Å²) < 4.78 is 11.8. The molecule has 0 saturated heterocycles. The van der Waals surface area contributed by atoms with E-state index in [0.29, 0.717) is 24.3 Å². The Bertz CT molecular complexity index is 1980. The Labute approximate surface area is 299 Å². The number of carbonyl (C=O) groups excluding carboxylic acids is 2. The molecule has 0 saturated carbocycles. The molecule has 51 heavy (non-hydrogen) atoms. The fourth-order valence-electron chi connectivity index (χ4n) is 9.45. The van der Waals surface area contributed by atoms with Crippen molar-refractivity contribution < 1.29 is 19.1 Å². The first-order valence-electron chi connectivity index (χ1n) is 17.8. The van der Waals surface area contributed by atoms with Crippen LogP contribution in [0.15, 0.2) is 158 Å². The molecule has 0 atom stereocenters. The number of fused-ring (bicyclic) bond motifs is 6. The van der Waals surface area contributed by atoms with Gasteiger partial charge in [-0.2, -0.15) is 0 Å². The van der Waals surface area contributed by atoms with E-state index in [-0.39, 0.29) is 24.8 Å². The minimum Gasteiger partial charge on any atom is -0.427 e. The van der Waals surface area contributed by atoms with Crippen molar-refractivity contribution in [2.45, 2.75) is 50.4 Å². The van der Waals surface area contributed by atoms with Crippen LogP contribution in [0.1, 0.15) is 61.8 Å². The van der Waals surface area contributed by atoms with Crippen molar-refractivity contribution in [2.24, 2.45) is 5.41 Å². The molecule has 6 aromatic carbocycles. The maximum Gasteiger partial charge on any atom is 0.311 e. The number of esters is 2. The molecule has 0 radical (unpaired) electrons. The Kier molecular flexibility index (Phi) is 8.18. The largest absolute Gasteiger partial charge is 0.427 e. The van der Waals surface area contributed by atoms with Crippen LogP contribution in [0, 0.1) is 5.41 Å². The van der Waals surface area contributed by atoms with Crippen molar-refractivity contribution in [2.75, 3.05) is 0 Å². The van der Waals surface area contributed by atoms with Gasteiger partial charge in [0.25, 0.3) is 0 Å². The number of benzene rings is 6. The van der Waals surface area contributed by atoms with Crippen LogP contribution in [0.2, 0.25) is 0 Å². The highest BCUT2D eigenvalue weighted by Gasteiger charge is 2.64. The van der Waals surface area contributed by atoms with E-state index in [1.54, 1.807) is 0 Å². The van der Waals surface area contributed by atoms with E-state index in [2.05, 4.69) is 111 Å². The van der Waals surface area contributed by atoms with E-state index in [4.69, 9.17) is 9.47 Å². The first-order chi connectivity index (χ1) is 24.9. The van der Waals surface area contributed by atoms with Crippen LogP contribution in [-0.4, -0.2) is 11.9 Å². The number of carbonyl (C=O) groups is 2. The topological polar surface area (TPSA) is 52.6 Å². The molecule has 4 heteroatoms. The molecular formula is C47H40O4. The highest BCUT2D eigenvalue weighted by Crippen LogP contribution is 2.70. The van der Waals surface area contributed by atoms with Gasteiger partial charge in [0.15, 0.2) is 0 Å². The summed E-state index contributed by atoms with van der Waals surface area (Å²) >= 11 is 0. The SMILES string of the molecule is CC(C)(C1(CCC(=O)Oc2ccccc2)c2ccccc2-c2ccccc21)C1(CCC(=O)Oc2ccccc2)c2ccccc2-c2ccccc21. The maximum absolute atomic E-state index is 13.8. The number of ether oxygens (including phenoxy) is 2. The zero-order valence-corrected chi connectivity index (χ0v) is 29.0. The van der Waals surface area contributed by atoms with Gasteiger partial charge < -0.3 is 9.47 Å². The van der Waals surface area contributed by atoms with E-state index in [0.717, 1.165) is 0 Å². The average Bonchev–Trinajstić information content (AvgIpc) is 3.63.